The molecule has 0 aromatic carbocycles. The van der Waals surface area contributed by atoms with Gasteiger partial charge in [0.05, 0.1) is 23.3 Å². The molecule has 2 fully saturated rings. The molecule has 1 unspecified atom stereocenters. The fourth-order valence-electron chi connectivity index (χ4n) is 3.64. The number of carbonyl (C=O) groups excluding carboxylic acids is 3. The second-order valence-electron chi connectivity index (χ2n) is 8.67. The average Bonchev–Trinajstić information content (AvgIpc) is 3.29. The van der Waals surface area contributed by atoms with Crippen LogP contribution in [-0.4, -0.2) is 62.5 Å². The number of β-lactam (4-membered cyclic amide) rings is 1. The minimum absolute atomic E-state index is 0.0106. The van der Waals surface area contributed by atoms with E-state index in [9.17, 15) is 19.5 Å². The fourth-order valence-corrected chi connectivity index (χ4v) is 5.48. The van der Waals surface area contributed by atoms with Crippen molar-refractivity contribution in [1.82, 2.24) is 9.47 Å². The zero-order chi connectivity index (χ0) is 21.4. The summed E-state index contributed by atoms with van der Waals surface area (Å²) in [6, 6.07) is 3.81. The Kier molecular flexibility index (Phi) is 6.01. The van der Waals surface area contributed by atoms with E-state index in [1.54, 1.807) is 25.7 Å². The van der Waals surface area contributed by atoms with Crippen LogP contribution in [0.3, 0.4) is 0 Å². The smallest absolute Gasteiger partial charge is 0.327 e. The predicted octanol–water partition coefficient (Wildman–Crippen LogP) is 1.79. The standard InChI is InChI=1S/C20H28N2O6S/c1-13(21-7-5-6-8-21)9-20(11-22-15(24)14(10-23)16(22)29-20)18(26)28-12-27-17(25)19(2,3)4/h5-8,13-14,16,23H,9-12H2,1-4H3/t13-,14+,16-,20?/m1/s1. The summed E-state index contributed by atoms with van der Waals surface area (Å²) in [7, 11) is 0. The Morgan fingerprint density at radius 3 is 2.55 bits per heavy atom. The van der Waals surface area contributed by atoms with Crippen molar-refractivity contribution < 1.29 is 29.0 Å². The monoisotopic (exact) mass is 424 g/mol. The quantitative estimate of drug-likeness (QED) is 0.405. The molecular formula is C20H28N2O6S. The van der Waals surface area contributed by atoms with Crippen molar-refractivity contribution >= 4 is 29.6 Å². The third-order valence-electron chi connectivity index (χ3n) is 5.35. The molecule has 0 saturated carbocycles. The van der Waals surface area contributed by atoms with Gasteiger partial charge in [0.1, 0.15) is 4.75 Å². The zero-order valence-electron chi connectivity index (χ0n) is 17.2. The number of hydrogen-bond acceptors (Lipinski definition) is 7. The van der Waals surface area contributed by atoms with Gasteiger partial charge in [-0.3, -0.25) is 14.4 Å². The Morgan fingerprint density at radius 2 is 1.97 bits per heavy atom. The molecule has 8 nitrogen and oxygen atoms in total. The number of aromatic nitrogens is 1. The van der Waals surface area contributed by atoms with Gasteiger partial charge in [-0.15, -0.1) is 11.8 Å². The number of fused-ring (bicyclic) bond motifs is 1. The molecule has 0 aliphatic carbocycles. The van der Waals surface area contributed by atoms with Gasteiger partial charge in [0.2, 0.25) is 12.7 Å². The van der Waals surface area contributed by atoms with Crippen LogP contribution < -0.4 is 0 Å². The van der Waals surface area contributed by atoms with Crippen molar-refractivity contribution in [2.75, 3.05) is 19.9 Å². The van der Waals surface area contributed by atoms with E-state index in [0.29, 0.717) is 6.42 Å². The van der Waals surface area contributed by atoms with Gasteiger partial charge in [-0.2, -0.15) is 0 Å². The molecule has 3 heterocycles. The van der Waals surface area contributed by atoms with Crippen LogP contribution in [0.1, 0.15) is 40.2 Å². The minimum atomic E-state index is -0.984. The summed E-state index contributed by atoms with van der Waals surface area (Å²) in [5, 5.41) is 9.24. The van der Waals surface area contributed by atoms with E-state index in [1.165, 1.54) is 11.8 Å². The highest BCUT2D eigenvalue weighted by atomic mass is 32.2. The molecule has 29 heavy (non-hydrogen) atoms. The van der Waals surface area contributed by atoms with Crippen molar-refractivity contribution in [3.63, 3.8) is 0 Å². The molecule has 2 saturated heterocycles. The van der Waals surface area contributed by atoms with Crippen LogP contribution >= 0.6 is 11.8 Å². The Balaban J connectivity index is 1.72. The largest absolute Gasteiger partial charge is 0.427 e. The third kappa shape index (κ3) is 4.16. The molecular weight excluding hydrogens is 396 g/mol. The predicted molar refractivity (Wildman–Crippen MR) is 107 cm³/mol. The molecule has 160 valence electrons. The number of nitrogens with zero attached hydrogens (tertiary/aromatic N) is 2. The molecule has 1 aromatic heterocycles. The SMILES string of the molecule is C[C@H](CC1(C(=O)OCOC(=O)C(C)(C)C)CN2C(=O)[C@H](CO)[C@H]2S1)n1cccc1. The van der Waals surface area contributed by atoms with Crippen LogP contribution in [0.5, 0.6) is 0 Å². The van der Waals surface area contributed by atoms with Crippen molar-refractivity contribution in [2.24, 2.45) is 11.3 Å². The third-order valence-corrected chi connectivity index (χ3v) is 7.08. The average molecular weight is 425 g/mol. The molecule has 0 bridgehead atoms. The number of thioether (sulfide) groups is 1. The Hall–Kier alpha value is -2.00. The summed E-state index contributed by atoms with van der Waals surface area (Å²) < 4.78 is 11.4. The highest BCUT2D eigenvalue weighted by Crippen LogP contribution is 2.52. The molecule has 1 N–H and O–H groups in total. The Morgan fingerprint density at radius 1 is 1.31 bits per heavy atom. The van der Waals surface area contributed by atoms with Crippen molar-refractivity contribution in [2.45, 2.75) is 50.3 Å². The van der Waals surface area contributed by atoms with E-state index >= 15 is 0 Å². The molecule has 4 atom stereocenters. The number of aliphatic hydroxyl groups is 1. The first-order chi connectivity index (χ1) is 13.6. The zero-order valence-corrected chi connectivity index (χ0v) is 18.0. The second kappa shape index (κ2) is 8.02. The van der Waals surface area contributed by atoms with Gasteiger partial charge in [-0.25, -0.2) is 0 Å². The van der Waals surface area contributed by atoms with Crippen molar-refractivity contribution in [1.29, 1.82) is 0 Å². The van der Waals surface area contributed by atoms with Gasteiger partial charge >= 0.3 is 11.9 Å². The van der Waals surface area contributed by atoms with Crippen molar-refractivity contribution in [3.8, 4) is 0 Å². The first-order valence-corrected chi connectivity index (χ1v) is 10.5. The van der Waals surface area contributed by atoms with E-state index in [-0.39, 0.29) is 30.5 Å². The first-order valence-electron chi connectivity index (χ1n) is 9.65. The number of esters is 2. The van der Waals surface area contributed by atoms with Gasteiger partial charge < -0.3 is 24.0 Å². The maximum atomic E-state index is 13.1. The number of hydrogen-bond donors (Lipinski definition) is 1. The van der Waals surface area contributed by atoms with Crippen LogP contribution in [-0.2, 0) is 23.9 Å². The maximum Gasteiger partial charge on any atom is 0.327 e. The van der Waals surface area contributed by atoms with E-state index in [4.69, 9.17) is 9.47 Å². The van der Waals surface area contributed by atoms with E-state index in [0.717, 1.165) is 0 Å². The second-order valence-corrected chi connectivity index (χ2v) is 10.2. The van der Waals surface area contributed by atoms with Crippen LogP contribution in [0.2, 0.25) is 0 Å². The number of carbonyl (C=O) groups is 3. The topological polar surface area (TPSA) is 98.1 Å². The van der Waals surface area contributed by atoms with Gasteiger partial charge in [0.15, 0.2) is 0 Å². The summed E-state index contributed by atoms with van der Waals surface area (Å²) in [5.74, 6) is -1.61. The van der Waals surface area contributed by atoms with Gasteiger partial charge in [-0.05, 0) is 46.2 Å². The van der Waals surface area contributed by atoms with Crippen LogP contribution in [0.15, 0.2) is 24.5 Å². The highest BCUT2D eigenvalue weighted by Gasteiger charge is 2.62. The fraction of sp³-hybridized carbons (Fsp3) is 0.650. The normalized spacial score (nSPS) is 27.2. The van der Waals surface area contributed by atoms with E-state index < -0.39 is 34.8 Å². The molecule has 2 aliphatic heterocycles. The number of rotatable bonds is 7. The number of ether oxygens (including phenoxy) is 2. The molecule has 3 rings (SSSR count). The number of aliphatic hydroxyl groups excluding tert-OH is 1. The summed E-state index contributed by atoms with van der Waals surface area (Å²) in [6.45, 7) is 6.67. The lowest BCUT2D eigenvalue weighted by Crippen LogP contribution is -2.58. The van der Waals surface area contributed by atoms with Gasteiger partial charge in [0.25, 0.3) is 0 Å². The lowest BCUT2D eigenvalue weighted by Gasteiger charge is -2.40. The lowest BCUT2D eigenvalue weighted by molar-refractivity contribution is -0.175. The lowest BCUT2D eigenvalue weighted by atomic mass is 9.94. The summed E-state index contributed by atoms with van der Waals surface area (Å²) in [5.41, 5.74) is -0.694. The summed E-state index contributed by atoms with van der Waals surface area (Å²) in [6.07, 6.45) is 4.28. The van der Waals surface area contributed by atoms with Crippen LogP contribution in [0.25, 0.3) is 0 Å². The highest BCUT2D eigenvalue weighted by molar-refractivity contribution is 8.02. The van der Waals surface area contributed by atoms with Gasteiger partial charge in [0, 0.05) is 25.0 Å². The van der Waals surface area contributed by atoms with E-state index in [2.05, 4.69) is 0 Å². The summed E-state index contributed by atoms with van der Waals surface area (Å²) in [4.78, 5) is 38.9. The van der Waals surface area contributed by atoms with Crippen molar-refractivity contribution in [3.05, 3.63) is 24.5 Å². The first kappa shape index (κ1) is 21.7. The Labute approximate surface area is 174 Å². The molecule has 0 radical (unpaired) electrons. The van der Waals surface area contributed by atoms with E-state index in [1.807, 2.05) is 36.0 Å². The minimum Gasteiger partial charge on any atom is -0.427 e. The maximum absolute atomic E-state index is 13.1. The molecule has 1 amide bonds. The molecule has 1 aromatic rings. The molecule has 9 heteroatoms. The molecule has 2 aliphatic rings. The Bertz CT molecular complexity index is 774. The molecule has 0 spiro atoms. The van der Waals surface area contributed by atoms with Crippen LogP contribution in [0, 0.1) is 11.3 Å². The van der Waals surface area contributed by atoms with Crippen LogP contribution in [0.4, 0.5) is 0 Å². The van der Waals surface area contributed by atoms with Gasteiger partial charge in [-0.1, -0.05) is 0 Å². The summed E-state index contributed by atoms with van der Waals surface area (Å²) >= 11 is 1.36. The number of amides is 1.